The van der Waals surface area contributed by atoms with Crippen molar-refractivity contribution in [1.82, 2.24) is 30.1 Å². The van der Waals surface area contributed by atoms with E-state index in [4.69, 9.17) is 0 Å². The van der Waals surface area contributed by atoms with Crippen LogP contribution in [0, 0.1) is 0 Å². The lowest BCUT2D eigenvalue weighted by Gasteiger charge is -2.33. The highest BCUT2D eigenvalue weighted by atomic mass is 15.4. The SMILES string of the molecule is c1cnc(N2CCN(c3n[nH]c(Cc4cccnc4)n3)CC2)nc1. The van der Waals surface area contributed by atoms with Gasteiger partial charge in [-0.3, -0.25) is 10.1 Å². The van der Waals surface area contributed by atoms with E-state index >= 15 is 0 Å². The van der Waals surface area contributed by atoms with Gasteiger partial charge in [-0.1, -0.05) is 6.07 Å². The van der Waals surface area contributed by atoms with Gasteiger partial charge in [-0.2, -0.15) is 4.98 Å². The van der Waals surface area contributed by atoms with Gasteiger partial charge >= 0.3 is 0 Å². The van der Waals surface area contributed by atoms with Crippen molar-refractivity contribution in [3.05, 3.63) is 54.4 Å². The molecule has 1 saturated heterocycles. The van der Waals surface area contributed by atoms with Crippen LogP contribution in [0.1, 0.15) is 11.4 Å². The van der Waals surface area contributed by atoms with Crippen LogP contribution in [0.15, 0.2) is 43.0 Å². The third-order valence-electron chi connectivity index (χ3n) is 4.01. The maximum atomic E-state index is 4.61. The molecule has 0 aromatic carbocycles. The number of nitrogens with one attached hydrogen (secondary N) is 1. The maximum absolute atomic E-state index is 4.61. The molecule has 0 aliphatic carbocycles. The van der Waals surface area contributed by atoms with E-state index < -0.39 is 0 Å². The van der Waals surface area contributed by atoms with E-state index in [1.165, 1.54) is 0 Å². The van der Waals surface area contributed by atoms with Crippen LogP contribution in [-0.4, -0.2) is 56.3 Å². The predicted molar refractivity (Wildman–Crippen MR) is 89.9 cm³/mol. The molecule has 4 heterocycles. The summed E-state index contributed by atoms with van der Waals surface area (Å²) < 4.78 is 0. The Morgan fingerprint density at radius 3 is 2.38 bits per heavy atom. The van der Waals surface area contributed by atoms with Crippen LogP contribution >= 0.6 is 0 Å². The second-order valence-corrected chi connectivity index (χ2v) is 5.64. The minimum atomic E-state index is 0.707. The largest absolute Gasteiger partial charge is 0.337 e. The van der Waals surface area contributed by atoms with Crippen LogP contribution in [0.3, 0.4) is 0 Å². The number of anilines is 2. The van der Waals surface area contributed by atoms with Crippen LogP contribution in [0.25, 0.3) is 0 Å². The summed E-state index contributed by atoms with van der Waals surface area (Å²) in [6.07, 6.45) is 7.87. The highest BCUT2D eigenvalue weighted by Gasteiger charge is 2.21. The normalized spacial score (nSPS) is 14.8. The van der Waals surface area contributed by atoms with Gasteiger partial charge in [0.2, 0.25) is 11.9 Å². The van der Waals surface area contributed by atoms with Gasteiger partial charge in [0.25, 0.3) is 0 Å². The Bertz CT molecular complexity index is 765. The Balaban J connectivity index is 1.38. The average Bonchev–Trinajstić information content (AvgIpc) is 3.12. The molecular formula is C16H18N8. The summed E-state index contributed by atoms with van der Waals surface area (Å²) in [6, 6.07) is 5.79. The van der Waals surface area contributed by atoms with E-state index in [1.54, 1.807) is 18.6 Å². The molecule has 24 heavy (non-hydrogen) atoms. The maximum Gasteiger partial charge on any atom is 0.244 e. The van der Waals surface area contributed by atoms with Gasteiger partial charge in [-0.15, -0.1) is 5.10 Å². The molecule has 3 aromatic heterocycles. The molecule has 0 atom stereocenters. The zero-order chi connectivity index (χ0) is 16.2. The van der Waals surface area contributed by atoms with Gasteiger partial charge in [0.1, 0.15) is 5.82 Å². The fraction of sp³-hybridized carbons (Fsp3) is 0.312. The van der Waals surface area contributed by atoms with Crippen LogP contribution in [0.5, 0.6) is 0 Å². The Hall–Kier alpha value is -3.03. The first-order valence-electron chi connectivity index (χ1n) is 7.95. The van der Waals surface area contributed by atoms with Crippen molar-refractivity contribution in [3.8, 4) is 0 Å². The van der Waals surface area contributed by atoms with E-state index in [1.807, 2.05) is 24.4 Å². The second-order valence-electron chi connectivity index (χ2n) is 5.64. The molecule has 1 aliphatic rings. The number of nitrogens with zero attached hydrogens (tertiary/aromatic N) is 7. The van der Waals surface area contributed by atoms with Crippen molar-refractivity contribution in [2.75, 3.05) is 36.0 Å². The van der Waals surface area contributed by atoms with Gasteiger partial charge in [0, 0.05) is 57.4 Å². The molecule has 122 valence electrons. The molecule has 0 radical (unpaired) electrons. The Morgan fingerprint density at radius 2 is 1.67 bits per heavy atom. The van der Waals surface area contributed by atoms with Crippen molar-refractivity contribution in [2.45, 2.75) is 6.42 Å². The van der Waals surface area contributed by atoms with Crippen LogP contribution < -0.4 is 9.80 Å². The van der Waals surface area contributed by atoms with Crippen LogP contribution in [0.2, 0.25) is 0 Å². The molecule has 0 unspecified atom stereocenters. The topological polar surface area (TPSA) is 86.7 Å². The number of aromatic amines is 1. The van der Waals surface area contributed by atoms with Crippen molar-refractivity contribution in [3.63, 3.8) is 0 Å². The molecule has 1 fully saturated rings. The lowest BCUT2D eigenvalue weighted by molar-refractivity contribution is 0.629. The summed E-state index contributed by atoms with van der Waals surface area (Å²) in [7, 11) is 0. The summed E-state index contributed by atoms with van der Waals surface area (Å²) >= 11 is 0. The minimum absolute atomic E-state index is 0.707. The zero-order valence-corrected chi connectivity index (χ0v) is 13.2. The van der Waals surface area contributed by atoms with Gasteiger partial charge < -0.3 is 9.80 Å². The first-order chi connectivity index (χ1) is 11.9. The number of aromatic nitrogens is 6. The Kier molecular flexibility index (Phi) is 4.01. The predicted octanol–water partition coefficient (Wildman–Crippen LogP) is 0.907. The van der Waals surface area contributed by atoms with E-state index in [0.29, 0.717) is 6.42 Å². The lowest BCUT2D eigenvalue weighted by Crippen LogP contribution is -2.47. The molecule has 0 saturated carbocycles. The summed E-state index contributed by atoms with van der Waals surface area (Å²) in [6.45, 7) is 3.41. The van der Waals surface area contributed by atoms with Crippen molar-refractivity contribution >= 4 is 11.9 Å². The van der Waals surface area contributed by atoms with Crippen molar-refractivity contribution in [2.24, 2.45) is 0 Å². The molecular weight excluding hydrogens is 304 g/mol. The minimum Gasteiger partial charge on any atom is -0.337 e. The highest BCUT2D eigenvalue weighted by molar-refractivity contribution is 5.37. The zero-order valence-electron chi connectivity index (χ0n) is 13.2. The molecule has 0 bridgehead atoms. The van der Waals surface area contributed by atoms with Crippen LogP contribution in [-0.2, 0) is 6.42 Å². The third-order valence-corrected chi connectivity index (χ3v) is 4.01. The number of hydrogen-bond acceptors (Lipinski definition) is 7. The number of rotatable bonds is 4. The fourth-order valence-electron chi connectivity index (χ4n) is 2.76. The lowest BCUT2D eigenvalue weighted by atomic mass is 10.2. The van der Waals surface area contributed by atoms with Gasteiger partial charge in [-0.05, 0) is 17.7 Å². The van der Waals surface area contributed by atoms with Crippen molar-refractivity contribution in [1.29, 1.82) is 0 Å². The monoisotopic (exact) mass is 322 g/mol. The molecule has 0 spiro atoms. The van der Waals surface area contributed by atoms with E-state index in [2.05, 4.69) is 39.9 Å². The fourth-order valence-corrected chi connectivity index (χ4v) is 2.76. The standard InChI is InChI=1S/C16H18N8/c1-3-13(12-17-4-1)11-14-20-16(22-21-14)24-9-7-23(8-10-24)15-18-5-2-6-19-15/h1-6,12H,7-11H2,(H,20,21,22). The van der Waals surface area contributed by atoms with Crippen molar-refractivity contribution < 1.29 is 0 Å². The summed E-state index contributed by atoms with van der Waals surface area (Å²) in [5, 5.41) is 7.38. The number of pyridine rings is 1. The van der Waals surface area contributed by atoms with E-state index in [0.717, 1.165) is 49.5 Å². The molecule has 3 aromatic rings. The summed E-state index contributed by atoms with van der Waals surface area (Å²) in [5.41, 5.74) is 1.12. The van der Waals surface area contributed by atoms with Gasteiger partial charge in [-0.25, -0.2) is 9.97 Å². The number of hydrogen-bond donors (Lipinski definition) is 1. The summed E-state index contributed by atoms with van der Waals surface area (Å²) in [4.78, 5) is 21.7. The molecule has 8 heteroatoms. The average molecular weight is 322 g/mol. The first kappa shape index (κ1) is 14.6. The van der Waals surface area contributed by atoms with E-state index in [-0.39, 0.29) is 0 Å². The molecule has 1 aliphatic heterocycles. The summed E-state index contributed by atoms with van der Waals surface area (Å²) in [5.74, 6) is 2.39. The first-order valence-corrected chi connectivity index (χ1v) is 7.95. The molecule has 4 rings (SSSR count). The molecule has 0 amide bonds. The Labute approximate surface area is 139 Å². The van der Waals surface area contributed by atoms with E-state index in [9.17, 15) is 0 Å². The molecule has 1 N–H and O–H groups in total. The third kappa shape index (κ3) is 3.17. The van der Waals surface area contributed by atoms with Crippen LogP contribution in [0.4, 0.5) is 11.9 Å². The molecule has 8 nitrogen and oxygen atoms in total. The quantitative estimate of drug-likeness (QED) is 0.764. The Morgan fingerprint density at radius 1 is 0.917 bits per heavy atom. The van der Waals surface area contributed by atoms with Gasteiger partial charge in [0.15, 0.2) is 0 Å². The highest BCUT2D eigenvalue weighted by Crippen LogP contribution is 2.15. The second kappa shape index (κ2) is 6.61. The smallest absolute Gasteiger partial charge is 0.244 e. The number of piperazine rings is 1. The van der Waals surface area contributed by atoms with Gasteiger partial charge in [0.05, 0.1) is 0 Å². The number of H-pyrrole nitrogens is 1.